The van der Waals surface area contributed by atoms with Gasteiger partial charge in [0.2, 0.25) is 0 Å². The molecule has 3 heteroatoms. The van der Waals surface area contributed by atoms with E-state index in [4.69, 9.17) is 9.47 Å². The number of carbonyl (C=O) groups excluding carboxylic acids is 1. The second-order valence-electron chi connectivity index (χ2n) is 4.12. The van der Waals surface area contributed by atoms with E-state index in [1.165, 1.54) is 5.56 Å². The van der Waals surface area contributed by atoms with Crippen LogP contribution >= 0.6 is 0 Å². The van der Waals surface area contributed by atoms with E-state index in [9.17, 15) is 4.79 Å². The van der Waals surface area contributed by atoms with Gasteiger partial charge in [0.05, 0.1) is 19.1 Å². The van der Waals surface area contributed by atoms with E-state index in [0.717, 1.165) is 18.4 Å². The number of ether oxygens (including phenoxy) is 2. The fourth-order valence-corrected chi connectivity index (χ4v) is 1.73. The molecule has 0 unspecified atom stereocenters. The molecule has 0 radical (unpaired) electrons. The van der Waals surface area contributed by atoms with Gasteiger partial charge in [0.1, 0.15) is 5.75 Å². The molecular weight excluding hydrogens is 192 g/mol. The van der Waals surface area contributed by atoms with Gasteiger partial charge in [-0.25, -0.2) is 0 Å². The average Bonchev–Trinajstić information content (AvgIpc) is 2.98. The Bertz CT molecular complexity index is 407. The standard InChI is InChI=1S/C12H12O3/c13-12(8-1-2-8)15-11-4-3-9-6-14-7-10(9)5-11/h3-5,8H,1-2,6-7H2. The van der Waals surface area contributed by atoms with E-state index in [1.54, 1.807) is 0 Å². The van der Waals surface area contributed by atoms with Gasteiger partial charge in [-0.05, 0) is 36.1 Å². The Morgan fingerprint density at radius 1 is 1.27 bits per heavy atom. The van der Waals surface area contributed by atoms with Gasteiger partial charge in [0.25, 0.3) is 0 Å². The number of hydrogen-bond donors (Lipinski definition) is 0. The highest BCUT2D eigenvalue weighted by atomic mass is 16.5. The summed E-state index contributed by atoms with van der Waals surface area (Å²) in [6.45, 7) is 1.30. The van der Waals surface area contributed by atoms with Crippen molar-refractivity contribution in [1.82, 2.24) is 0 Å². The normalized spacial score (nSPS) is 18.7. The van der Waals surface area contributed by atoms with Crippen LogP contribution < -0.4 is 4.74 Å². The first-order chi connectivity index (χ1) is 7.33. The Kier molecular flexibility index (Phi) is 1.99. The van der Waals surface area contributed by atoms with Gasteiger partial charge in [0, 0.05) is 0 Å². The average molecular weight is 204 g/mol. The quantitative estimate of drug-likeness (QED) is 0.546. The summed E-state index contributed by atoms with van der Waals surface area (Å²) in [4.78, 5) is 11.4. The van der Waals surface area contributed by atoms with E-state index in [0.29, 0.717) is 19.0 Å². The van der Waals surface area contributed by atoms with Crippen molar-refractivity contribution < 1.29 is 14.3 Å². The number of benzene rings is 1. The summed E-state index contributed by atoms with van der Waals surface area (Å²) in [6.07, 6.45) is 1.96. The maximum absolute atomic E-state index is 11.4. The topological polar surface area (TPSA) is 35.5 Å². The van der Waals surface area contributed by atoms with Crippen molar-refractivity contribution in [3.63, 3.8) is 0 Å². The number of hydrogen-bond acceptors (Lipinski definition) is 3. The molecule has 1 heterocycles. The molecule has 2 aliphatic rings. The SMILES string of the molecule is O=C(Oc1ccc2c(c1)COC2)C1CC1. The molecule has 3 rings (SSSR count). The zero-order valence-corrected chi connectivity index (χ0v) is 8.36. The Balaban J connectivity index is 1.77. The van der Waals surface area contributed by atoms with Gasteiger partial charge in [-0.3, -0.25) is 4.79 Å². The first kappa shape index (κ1) is 8.92. The van der Waals surface area contributed by atoms with Crippen LogP contribution in [0.3, 0.4) is 0 Å². The second-order valence-corrected chi connectivity index (χ2v) is 4.12. The fourth-order valence-electron chi connectivity index (χ4n) is 1.73. The lowest BCUT2D eigenvalue weighted by molar-refractivity contribution is -0.135. The summed E-state index contributed by atoms with van der Waals surface area (Å²) in [7, 11) is 0. The molecule has 0 atom stereocenters. The molecule has 1 aromatic carbocycles. The van der Waals surface area contributed by atoms with E-state index in [2.05, 4.69) is 0 Å². The van der Waals surface area contributed by atoms with Gasteiger partial charge < -0.3 is 9.47 Å². The number of fused-ring (bicyclic) bond motifs is 1. The molecule has 78 valence electrons. The molecule has 1 aromatic rings. The van der Waals surface area contributed by atoms with E-state index in [-0.39, 0.29) is 11.9 Å². The number of esters is 1. The second kappa shape index (κ2) is 3.35. The molecule has 0 spiro atoms. The van der Waals surface area contributed by atoms with Crippen molar-refractivity contribution in [1.29, 1.82) is 0 Å². The third-order valence-electron chi connectivity index (χ3n) is 2.82. The van der Waals surface area contributed by atoms with Crippen molar-refractivity contribution in [2.24, 2.45) is 5.92 Å². The summed E-state index contributed by atoms with van der Waals surface area (Å²) in [5, 5.41) is 0. The molecule has 1 fully saturated rings. The molecule has 0 aromatic heterocycles. The molecule has 0 N–H and O–H groups in total. The third kappa shape index (κ3) is 1.75. The van der Waals surface area contributed by atoms with Crippen LogP contribution in [-0.2, 0) is 22.7 Å². The maximum atomic E-state index is 11.4. The maximum Gasteiger partial charge on any atom is 0.314 e. The molecule has 0 amide bonds. The van der Waals surface area contributed by atoms with Crippen LogP contribution in [0.5, 0.6) is 5.75 Å². The van der Waals surface area contributed by atoms with Crippen LogP contribution in [0.4, 0.5) is 0 Å². The summed E-state index contributed by atoms with van der Waals surface area (Å²) in [6, 6.07) is 5.72. The third-order valence-corrected chi connectivity index (χ3v) is 2.82. The summed E-state index contributed by atoms with van der Waals surface area (Å²) in [5.74, 6) is 0.708. The smallest absolute Gasteiger partial charge is 0.314 e. The Labute approximate surface area is 88.0 Å². The highest BCUT2D eigenvalue weighted by Crippen LogP contribution is 2.31. The van der Waals surface area contributed by atoms with E-state index < -0.39 is 0 Å². The fraction of sp³-hybridized carbons (Fsp3) is 0.417. The van der Waals surface area contributed by atoms with Gasteiger partial charge in [-0.2, -0.15) is 0 Å². The lowest BCUT2D eigenvalue weighted by Crippen LogP contribution is -2.09. The molecule has 3 nitrogen and oxygen atoms in total. The predicted octanol–water partition coefficient (Wildman–Crippen LogP) is 2.03. The zero-order valence-electron chi connectivity index (χ0n) is 8.36. The lowest BCUT2D eigenvalue weighted by atomic mass is 10.1. The molecule has 15 heavy (non-hydrogen) atoms. The van der Waals surface area contributed by atoms with Crippen molar-refractivity contribution in [2.75, 3.05) is 0 Å². The van der Waals surface area contributed by atoms with E-state index >= 15 is 0 Å². The molecular formula is C12H12O3. The highest BCUT2D eigenvalue weighted by molar-refractivity contribution is 5.77. The molecule has 0 bridgehead atoms. The van der Waals surface area contributed by atoms with Crippen molar-refractivity contribution in [3.05, 3.63) is 29.3 Å². The van der Waals surface area contributed by atoms with Crippen LogP contribution in [-0.4, -0.2) is 5.97 Å². The predicted molar refractivity (Wildman–Crippen MR) is 53.3 cm³/mol. The molecule has 0 saturated heterocycles. The molecule has 1 saturated carbocycles. The first-order valence-electron chi connectivity index (χ1n) is 5.24. The van der Waals surface area contributed by atoms with Crippen LogP contribution in [0.25, 0.3) is 0 Å². The van der Waals surface area contributed by atoms with Crippen LogP contribution in [0.2, 0.25) is 0 Å². The van der Waals surface area contributed by atoms with E-state index in [1.807, 2.05) is 18.2 Å². The van der Waals surface area contributed by atoms with Crippen LogP contribution in [0.15, 0.2) is 18.2 Å². The van der Waals surface area contributed by atoms with Gasteiger partial charge in [0.15, 0.2) is 0 Å². The monoisotopic (exact) mass is 204 g/mol. The van der Waals surface area contributed by atoms with Crippen LogP contribution in [0.1, 0.15) is 24.0 Å². The van der Waals surface area contributed by atoms with Crippen molar-refractivity contribution >= 4 is 5.97 Å². The van der Waals surface area contributed by atoms with Crippen molar-refractivity contribution in [2.45, 2.75) is 26.1 Å². The lowest BCUT2D eigenvalue weighted by Gasteiger charge is -2.04. The van der Waals surface area contributed by atoms with Gasteiger partial charge >= 0.3 is 5.97 Å². The van der Waals surface area contributed by atoms with Crippen LogP contribution in [0, 0.1) is 5.92 Å². The molecule has 1 aliphatic carbocycles. The number of carbonyl (C=O) groups is 1. The highest BCUT2D eigenvalue weighted by Gasteiger charge is 2.31. The number of rotatable bonds is 2. The summed E-state index contributed by atoms with van der Waals surface area (Å²) >= 11 is 0. The summed E-state index contributed by atoms with van der Waals surface area (Å²) in [5.41, 5.74) is 2.33. The van der Waals surface area contributed by atoms with Gasteiger partial charge in [-0.15, -0.1) is 0 Å². The Hall–Kier alpha value is -1.35. The zero-order chi connectivity index (χ0) is 10.3. The van der Waals surface area contributed by atoms with Gasteiger partial charge in [-0.1, -0.05) is 6.07 Å². The minimum absolute atomic E-state index is 0.0890. The minimum atomic E-state index is -0.0890. The molecule has 1 aliphatic heterocycles. The first-order valence-corrected chi connectivity index (χ1v) is 5.24. The Morgan fingerprint density at radius 2 is 2.07 bits per heavy atom. The van der Waals surface area contributed by atoms with Crippen molar-refractivity contribution in [3.8, 4) is 5.75 Å². The largest absolute Gasteiger partial charge is 0.426 e. The minimum Gasteiger partial charge on any atom is -0.426 e. The summed E-state index contributed by atoms with van der Waals surface area (Å²) < 4.78 is 10.6. The Morgan fingerprint density at radius 3 is 2.87 bits per heavy atom.